The summed E-state index contributed by atoms with van der Waals surface area (Å²) >= 11 is 6.00. The fraction of sp³-hybridized carbons (Fsp3) is 0.208. The number of fused-ring (bicyclic) bond motifs is 1. The Morgan fingerprint density at radius 2 is 2.03 bits per heavy atom. The first-order valence-electron chi connectivity index (χ1n) is 9.93. The van der Waals surface area contributed by atoms with Gasteiger partial charge in [-0.3, -0.25) is 0 Å². The molecule has 0 bridgehead atoms. The molecule has 1 aromatic heterocycles. The molecule has 0 aliphatic carbocycles. The zero-order valence-corrected chi connectivity index (χ0v) is 17.7. The molecule has 1 aliphatic heterocycles. The summed E-state index contributed by atoms with van der Waals surface area (Å²) in [6.45, 7) is 2.44. The number of aliphatic hydroxyl groups excluding tert-OH is 2. The van der Waals surface area contributed by atoms with E-state index in [2.05, 4.69) is 0 Å². The zero-order chi connectivity index (χ0) is 22.0. The summed E-state index contributed by atoms with van der Waals surface area (Å²) in [5.74, 6) is 0.481. The Balaban J connectivity index is 1.55. The van der Waals surface area contributed by atoms with E-state index < -0.39 is 11.7 Å². The minimum Gasteiger partial charge on any atom is -0.507 e. The van der Waals surface area contributed by atoms with E-state index in [0.717, 1.165) is 10.9 Å². The maximum absolute atomic E-state index is 12.6. The Kier molecular flexibility index (Phi) is 6.02. The van der Waals surface area contributed by atoms with Crippen LogP contribution in [0.3, 0.4) is 0 Å². The molecule has 3 aromatic rings. The van der Waals surface area contributed by atoms with Gasteiger partial charge in [-0.1, -0.05) is 30.7 Å². The molecule has 1 unspecified atom stereocenters. The highest BCUT2D eigenvalue weighted by molar-refractivity contribution is 6.30. The van der Waals surface area contributed by atoms with Crippen molar-refractivity contribution in [3.05, 3.63) is 98.8 Å². The van der Waals surface area contributed by atoms with Crippen LogP contribution in [-0.2, 0) is 13.2 Å². The summed E-state index contributed by atoms with van der Waals surface area (Å²) in [7, 11) is 0. The number of halogens is 1. The van der Waals surface area contributed by atoms with Crippen LogP contribution in [-0.4, -0.2) is 21.2 Å². The summed E-state index contributed by atoms with van der Waals surface area (Å²) in [4.78, 5) is 14.3. The molecule has 0 fully saturated rings. The smallest absolute Gasteiger partial charge is 0.341 e. The van der Waals surface area contributed by atoms with Gasteiger partial charge in [0, 0.05) is 22.7 Å². The second-order valence-corrected chi connectivity index (χ2v) is 7.71. The number of benzene rings is 2. The van der Waals surface area contributed by atoms with Crippen molar-refractivity contribution in [1.29, 1.82) is 0 Å². The van der Waals surface area contributed by atoms with Crippen LogP contribution in [0.4, 0.5) is 0 Å². The van der Waals surface area contributed by atoms with Crippen LogP contribution in [0.2, 0.25) is 5.02 Å². The lowest BCUT2D eigenvalue weighted by Crippen LogP contribution is -2.27. The highest BCUT2D eigenvalue weighted by Gasteiger charge is 2.22. The summed E-state index contributed by atoms with van der Waals surface area (Å²) in [6, 6.07) is 14.5. The molecule has 7 heteroatoms. The maximum Gasteiger partial charge on any atom is 0.341 e. The maximum atomic E-state index is 12.6. The fourth-order valence-electron chi connectivity index (χ4n) is 3.53. The zero-order valence-electron chi connectivity index (χ0n) is 16.9. The van der Waals surface area contributed by atoms with E-state index in [1.807, 2.05) is 37.3 Å². The quantitative estimate of drug-likeness (QED) is 0.532. The lowest BCUT2D eigenvalue weighted by atomic mass is 10.1. The first kappa shape index (κ1) is 21.0. The summed E-state index contributed by atoms with van der Waals surface area (Å²) in [5.41, 5.74) is 1.91. The van der Waals surface area contributed by atoms with E-state index in [0.29, 0.717) is 40.6 Å². The van der Waals surface area contributed by atoms with Crippen LogP contribution >= 0.6 is 11.6 Å². The van der Waals surface area contributed by atoms with Crippen LogP contribution in [0.5, 0.6) is 5.75 Å². The highest BCUT2D eigenvalue weighted by Crippen LogP contribution is 2.25. The van der Waals surface area contributed by atoms with E-state index in [-0.39, 0.29) is 12.3 Å². The minimum absolute atomic E-state index is 0.100. The van der Waals surface area contributed by atoms with Gasteiger partial charge in [-0.25, -0.2) is 4.79 Å². The van der Waals surface area contributed by atoms with Gasteiger partial charge < -0.3 is 24.3 Å². The Bertz CT molecular complexity index is 1230. The molecule has 4 rings (SSSR count). The first-order valence-corrected chi connectivity index (χ1v) is 10.3. The van der Waals surface area contributed by atoms with Gasteiger partial charge in [0.15, 0.2) is 0 Å². The van der Waals surface area contributed by atoms with Crippen LogP contribution in [0.15, 0.2) is 81.5 Å². The van der Waals surface area contributed by atoms with Gasteiger partial charge >= 0.3 is 5.63 Å². The molecule has 2 aromatic carbocycles. The number of nitrogens with zero attached hydrogens (tertiary/aromatic N) is 1. The molecule has 0 saturated carbocycles. The molecule has 31 heavy (non-hydrogen) atoms. The molecule has 0 spiro atoms. The predicted octanol–water partition coefficient (Wildman–Crippen LogP) is 4.90. The van der Waals surface area contributed by atoms with Gasteiger partial charge in [-0.15, -0.1) is 0 Å². The van der Waals surface area contributed by atoms with Crippen molar-refractivity contribution in [3.8, 4) is 5.75 Å². The molecule has 2 N–H and O–H groups in total. The van der Waals surface area contributed by atoms with E-state index in [1.54, 1.807) is 29.3 Å². The average molecular weight is 440 g/mol. The summed E-state index contributed by atoms with van der Waals surface area (Å²) in [6.07, 6.45) is 2.63. The molecule has 1 aliphatic rings. The van der Waals surface area contributed by atoms with Crippen molar-refractivity contribution in [2.24, 2.45) is 0 Å². The summed E-state index contributed by atoms with van der Waals surface area (Å²) in [5, 5.41) is 21.3. The highest BCUT2D eigenvalue weighted by atomic mass is 35.5. The van der Waals surface area contributed by atoms with Crippen molar-refractivity contribution in [1.82, 2.24) is 4.90 Å². The minimum atomic E-state index is -1.02. The number of hydrogen-bond acceptors (Lipinski definition) is 6. The second kappa shape index (κ2) is 8.88. The molecule has 0 amide bonds. The molecule has 1 atom stereocenters. The third-order valence-electron chi connectivity index (χ3n) is 5.12. The van der Waals surface area contributed by atoms with Crippen LogP contribution in [0.25, 0.3) is 11.0 Å². The molecule has 2 heterocycles. The van der Waals surface area contributed by atoms with E-state index in [4.69, 9.17) is 20.8 Å². The topological polar surface area (TPSA) is 83.1 Å². The van der Waals surface area contributed by atoms with Gasteiger partial charge in [-0.05, 0) is 48.4 Å². The van der Waals surface area contributed by atoms with Gasteiger partial charge in [0.1, 0.15) is 29.8 Å². The molecule has 0 radical (unpaired) electrons. The SMILES string of the molecule is CCC1=C(O)C(O)C=CN1Cc1cc2ccc(OCc3cccc(Cl)c3)cc2oc1=O. The predicted molar refractivity (Wildman–Crippen MR) is 119 cm³/mol. The largest absolute Gasteiger partial charge is 0.507 e. The fourth-order valence-corrected chi connectivity index (χ4v) is 3.74. The van der Waals surface area contributed by atoms with Gasteiger partial charge in [0.2, 0.25) is 0 Å². The standard InChI is InChI=1S/C24H22ClNO5/c1-2-20-23(28)21(27)8-9-26(20)13-17-11-16-6-7-19(12-22(16)31-24(17)29)30-14-15-4-3-5-18(25)10-15/h3-12,21,27-28H,2,13-14H2,1H3. The van der Waals surface area contributed by atoms with Crippen LogP contribution in [0.1, 0.15) is 24.5 Å². The monoisotopic (exact) mass is 439 g/mol. The van der Waals surface area contributed by atoms with Crippen molar-refractivity contribution in [2.45, 2.75) is 32.6 Å². The number of allylic oxidation sites excluding steroid dienone is 1. The number of ether oxygens (including phenoxy) is 1. The van der Waals surface area contributed by atoms with Crippen molar-refractivity contribution >= 4 is 22.6 Å². The van der Waals surface area contributed by atoms with Crippen molar-refractivity contribution in [3.63, 3.8) is 0 Å². The van der Waals surface area contributed by atoms with Crippen LogP contribution in [0, 0.1) is 0 Å². The van der Waals surface area contributed by atoms with Gasteiger partial charge in [0.05, 0.1) is 17.8 Å². The van der Waals surface area contributed by atoms with Gasteiger partial charge in [0.25, 0.3) is 0 Å². The Hall–Kier alpha value is -3.22. The second-order valence-electron chi connectivity index (χ2n) is 7.28. The Morgan fingerprint density at radius 3 is 2.81 bits per heavy atom. The van der Waals surface area contributed by atoms with Gasteiger partial charge in [-0.2, -0.15) is 0 Å². The first-order chi connectivity index (χ1) is 14.9. The molecular formula is C24H22ClNO5. The normalized spacial score (nSPS) is 16.2. The average Bonchev–Trinajstić information content (AvgIpc) is 2.75. The van der Waals surface area contributed by atoms with E-state index in [1.165, 1.54) is 6.08 Å². The number of rotatable bonds is 6. The number of aliphatic hydroxyl groups is 2. The molecule has 160 valence electrons. The van der Waals surface area contributed by atoms with Crippen LogP contribution < -0.4 is 10.4 Å². The number of hydrogen-bond donors (Lipinski definition) is 2. The van der Waals surface area contributed by atoms with Crippen molar-refractivity contribution in [2.75, 3.05) is 0 Å². The molecular weight excluding hydrogens is 418 g/mol. The molecule has 0 saturated heterocycles. The Labute approximate surface area is 184 Å². The molecule has 6 nitrogen and oxygen atoms in total. The third kappa shape index (κ3) is 4.60. The van der Waals surface area contributed by atoms with Crippen molar-refractivity contribution < 1.29 is 19.4 Å². The lowest BCUT2D eigenvalue weighted by Gasteiger charge is -2.28. The third-order valence-corrected chi connectivity index (χ3v) is 5.36. The van der Waals surface area contributed by atoms with E-state index in [9.17, 15) is 15.0 Å². The summed E-state index contributed by atoms with van der Waals surface area (Å²) < 4.78 is 11.3. The lowest BCUT2D eigenvalue weighted by molar-refractivity contribution is 0.171. The Morgan fingerprint density at radius 1 is 1.19 bits per heavy atom. The van der Waals surface area contributed by atoms with E-state index >= 15 is 0 Å².